The lowest BCUT2D eigenvalue weighted by atomic mass is 10.1. The molecule has 1 atom stereocenters. The Morgan fingerprint density at radius 3 is 2.83 bits per heavy atom. The van der Waals surface area contributed by atoms with E-state index in [1.54, 1.807) is 16.3 Å². The van der Waals surface area contributed by atoms with Gasteiger partial charge in [-0.15, -0.1) is 16.4 Å². The van der Waals surface area contributed by atoms with Crippen molar-refractivity contribution in [2.75, 3.05) is 6.26 Å². The van der Waals surface area contributed by atoms with Crippen molar-refractivity contribution in [2.45, 2.75) is 13.1 Å². The van der Waals surface area contributed by atoms with E-state index >= 15 is 0 Å². The second-order valence-corrected chi connectivity index (χ2v) is 7.34. The number of rotatable bonds is 1. The van der Waals surface area contributed by atoms with Gasteiger partial charge in [-0.3, -0.25) is 15.1 Å². The van der Waals surface area contributed by atoms with Gasteiger partial charge in [-0.2, -0.15) is 0 Å². The van der Waals surface area contributed by atoms with Crippen LogP contribution < -0.4 is 15.9 Å². The van der Waals surface area contributed by atoms with Crippen LogP contribution in [0.25, 0.3) is 5.70 Å². The highest BCUT2D eigenvalue weighted by atomic mass is 32.2. The number of fused-ring (bicyclic) bond motifs is 2. The summed E-state index contributed by atoms with van der Waals surface area (Å²) in [6.07, 6.45) is 1.59. The van der Waals surface area contributed by atoms with Crippen molar-refractivity contribution in [3.05, 3.63) is 56.7 Å². The standard InChI is InChI=1S/C16H14N4OS2/c1-9-7-8-12(23-9)14-17-11-6-4-3-5-10(11)13-15(21)18-16(22-2)19-20(13)14/h3-8,14H,1-2H3,(H,18,19,21). The number of carbonyl (C=O) groups excluding carboxylic acids is 1. The maximum absolute atomic E-state index is 12.6. The molecule has 1 amide bonds. The van der Waals surface area contributed by atoms with Crippen LogP contribution in [0.1, 0.15) is 15.9 Å². The molecule has 0 radical (unpaired) electrons. The molecule has 0 aliphatic carbocycles. The summed E-state index contributed by atoms with van der Waals surface area (Å²) >= 11 is 3.09. The Bertz CT molecular complexity index is 947. The number of benzene rings is 1. The lowest BCUT2D eigenvalue weighted by molar-refractivity contribution is -0.116. The van der Waals surface area contributed by atoms with E-state index in [1.807, 2.05) is 30.5 Å². The molecule has 0 bridgehead atoms. The SMILES string of the molecule is CSC1=NN2C(=c3ccccc3=NC2c2ccc(C)s2)C(=O)N1. The van der Waals surface area contributed by atoms with Gasteiger partial charge in [-0.1, -0.05) is 30.0 Å². The molecule has 0 fully saturated rings. The van der Waals surface area contributed by atoms with Gasteiger partial charge < -0.3 is 0 Å². The molecule has 1 aromatic heterocycles. The molecule has 0 spiro atoms. The van der Waals surface area contributed by atoms with E-state index in [0.717, 1.165) is 15.5 Å². The quantitative estimate of drug-likeness (QED) is 0.856. The van der Waals surface area contributed by atoms with E-state index in [4.69, 9.17) is 4.99 Å². The van der Waals surface area contributed by atoms with Gasteiger partial charge in [-0.05, 0) is 31.4 Å². The third-order valence-electron chi connectivity index (χ3n) is 3.72. The fraction of sp³-hybridized carbons (Fsp3) is 0.188. The van der Waals surface area contributed by atoms with Gasteiger partial charge in [0.15, 0.2) is 11.3 Å². The number of thiophene rings is 1. The summed E-state index contributed by atoms with van der Waals surface area (Å²) in [6.45, 7) is 2.06. The van der Waals surface area contributed by atoms with Crippen LogP contribution >= 0.6 is 23.1 Å². The zero-order chi connectivity index (χ0) is 16.0. The van der Waals surface area contributed by atoms with E-state index in [2.05, 4.69) is 29.5 Å². The molecule has 2 aliphatic heterocycles. The summed E-state index contributed by atoms with van der Waals surface area (Å²) < 4.78 is 0. The summed E-state index contributed by atoms with van der Waals surface area (Å²) in [7, 11) is 0. The molecule has 3 heterocycles. The van der Waals surface area contributed by atoms with Crippen molar-refractivity contribution in [1.82, 2.24) is 10.3 Å². The molecule has 7 heteroatoms. The van der Waals surface area contributed by atoms with Crippen LogP contribution in [0.4, 0.5) is 0 Å². The van der Waals surface area contributed by atoms with Crippen LogP contribution in [0.5, 0.6) is 0 Å². The number of hydrogen-bond acceptors (Lipinski definition) is 6. The summed E-state index contributed by atoms with van der Waals surface area (Å²) in [5.41, 5.74) is 0.560. The Morgan fingerprint density at radius 1 is 1.26 bits per heavy atom. The molecule has 1 N–H and O–H groups in total. The van der Waals surface area contributed by atoms with Gasteiger partial charge in [0.2, 0.25) is 0 Å². The molecule has 0 saturated heterocycles. The molecular weight excluding hydrogens is 328 g/mol. The fourth-order valence-electron chi connectivity index (χ4n) is 2.70. The highest BCUT2D eigenvalue weighted by molar-refractivity contribution is 8.13. The molecule has 4 rings (SSSR count). The van der Waals surface area contributed by atoms with Gasteiger partial charge in [0.25, 0.3) is 5.91 Å². The Hall–Kier alpha value is -2.12. The smallest absolute Gasteiger partial charge is 0.276 e. The first-order chi connectivity index (χ1) is 11.2. The maximum atomic E-state index is 12.6. The largest absolute Gasteiger partial charge is 0.298 e. The Kier molecular flexibility index (Phi) is 3.46. The summed E-state index contributed by atoms with van der Waals surface area (Å²) in [6, 6.07) is 11.8. The average Bonchev–Trinajstić information content (AvgIpc) is 2.99. The first-order valence-corrected chi connectivity index (χ1v) is 9.18. The van der Waals surface area contributed by atoms with Crippen molar-refractivity contribution >= 4 is 39.9 Å². The second-order valence-electron chi connectivity index (χ2n) is 5.22. The number of hydrazone groups is 1. The lowest BCUT2D eigenvalue weighted by Gasteiger charge is -2.33. The number of carbonyl (C=O) groups is 1. The number of hydrogen-bond donors (Lipinski definition) is 1. The summed E-state index contributed by atoms with van der Waals surface area (Å²) in [5.74, 6) is -0.134. The molecule has 23 heavy (non-hydrogen) atoms. The third kappa shape index (κ3) is 2.36. The number of nitrogens with one attached hydrogen (secondary N) is 1. The molecule has 1 aromatic carbocycles. The predicted molar refractivity (Wildman–Crippen MR) is 93.4 cm³/mol. The summed E-state index contributed by atoms with van der Waals surface area (Å²) in [4.78, 5) is 19.7. The Balaban J connectivity index is 1.99. The molecule has 2 aliphatic rings. The van der Waals surface area contributed by atoms with Crippen LogP contribution in [-0.4, -0.2) is 22.3 Å². The van der Waals surface area contributed by atoms with E-state index in [0.29, 0.717) is 10.9 Å². The van der Waals surface area contributed by atoms with Crippen LogP contribution in [0.3, 0.4) is 0 Å². The molecule has 1 unspecified atom stereocenters. The zero-order valence-corrected chi connectivity index (χ0v) is 14.2. The monoisotopic (exact) mass is 342 g/mol. The number of para-hydroxylation sites is 1. The van der Waals surface area contributed by atoms with Crippen LogP contribution in [0.2, 0.25) is 0 Å². The molecule has 116 valence electrons. The molecule has 2 aromatic rings. The maximum Gasteiger partial charge on any atom is 0.276 e. The number of amidine groups is 1. The van der Waals surface area contributed by atoms with Gasteiger partial charge in [0, 0.05) is 10.1 Å². The van der Waals surface area contributed by atoms with Crippen LogP contribution in [0.15, 0.2) is 46.5 Å². The fourth-order valence-corrected chi connectivity index (χ4v) is 3.96. The number of amides is 1. The van der Waals surface area contributed by atoms with Gasteiger partial charge in [0.1, 0.15) is 5.70 Å². The van der Waals surface area contributed by atoms with E-state index in [9.17, 15) is 4.79 Å². The Labute approximate surface area is 141 Å². The van der Waals surface area contributed by atoms with Crippen LogP contribution in [0, 0.1) is 6.92 Å². The second kappa shape index (κ2) is 5.50. The zero-order valence-electron chi connectivity index (χ0n) is 12.6. The van der Waals surface area contributed by atoms with Crippen molar-refractivity contribution in [3.8, 4) is 0 Å². The lowest BCUT2D eigenvalue weighted by Crippen LogP contribution is -2.50. The first kappa shape index (κ1) is 14.5. The van der Waals surface area contributed by atoms with E-state index in [-0.39, 0.29) is 12.1 Å². The normalized spacial score (nSPS) is 19.5. The van der Waals surface area contributed by atoms with Crippen molar-refractivity contribution in [1.29, 1.82) is 0 Å². The molecule has 0 saturated carbocycles. The minimum atomic E-state index is -0.299. The van der Waals surface area contributed by atoms with Crippen molar-refractivity contribution in [2.24, 2.45) is 10.1 Å². The predicted octanol–water partition coefficient (Wildman–Crippen LogP) is 1.56. The van der Waals surface area contributed by atoms with Crippen LogP contribution in [-0.2, 0) is 4.79 Å². The average molecular weight is 342 g/mol. The van der Waals surface area contributed by atoms with E-state index < -0.39 is 0 Å². The topological polar surface area (TPSA) is 57.1 Å². The molecule has 5 nitrogen and oxygen atoms in total. The third-order valence-corrected chi connectivity index (χ3v) is 5.34. The number of thioether (sulfide) groups is 1. The van der Waals surface area contributed by atoms with Crippen molar-refractivity contribution < 1.29 is 4.79 Å². The molecular formula is C16H14N4OS2. The number of aryl methyl sites for hydroxylation is 1. The summed E-state index contributed by atoms with van der Waals surface area (Å²) in [5, 5.41) is 11.4. The highest BCUT2D eigenvalue weighted by Crippen LogP contribution is 2.33. The van der Waals surface area contributed by atoms with Gasteiger partial charge in [-0.25, -0.2) is 5.01 Å². The first-order valence-electron chi connectivity index (χ1n) is 7.14. The Morgan fingerprint density at radius 2 is 2.09 bits per heavy atom. The highest BCUT2D eigenvalue weighted by Gasteiger charge is 2.34. The minimum Gasteiger partial charge on any atom is -0.298 e. The van der Waals surface area contributed by atoms with E-state index in [1.165, 1.54) is 16.6 Å². The number of nitrogens with zero attached hydrogens (tertiary/aromatic N) is 3. The minimum absolute atomic E-state index is 0.134. The van der Waals surface area contributed by atoms with Gasteiger partial charge in [0.05, 0.1) is 10.2 Å². The van der Waals surface area contributed by atoms with Gasteiger partial charge >= 0.3 is 0 Å². The van der Waals surface area contributed by atoms with Crippen molar-refractivity contribution in [3.63, 3.8) is 0 Å².